The van der Waals surface area contributed by atoms with Gasteiger partial charge in [0.2, 0.25) is 0 Å². The predicted molar refractivity (Wildman–Crippen MR) is 68.1 cm³/mol. The maximum atomic E-state index is 6.59. The van der Waals surface area contributed by atoms with Crippen LogP contribution in [0.2, 0.25) is 0 Å². The summed E-state index contributed by atoms with van der Waals surface area (Å²) in [5, 5.41) is 0.143. The van der Waals surface area contributed by atoms with Crippen LogP contribution in [-0.4, -0.2) is 13.2 Å². The number of ether oxygens (including phenoxy) is 1. The van der Waals surface area contributed by atoms with E-state index in [0.717, 1.165) is 26.1 Å². The normalized spacial score (nSPS) is 19.7. The van der Waals surface area contributed by atoms with E-state index >= 15 is 0 Å². The van der Waals surface area contributed by atoms with Crippen molar-refractivity contribution >= 4 is 11.6 Å². The summed E-state index contributed by atoms with van der Waals surface area (Å²) in [6.07, 6.45) is 2.17. The van der Waals surface area contributed by atoms with E-state index in [0.29, 0.717) is 5.92 Å². The molecule has 1 aromatic carbocycles. The summed E-state index contributed by atoms with van der Waals surface area (Å²) in [6, 6.07) is 6.54. The second kappa shape index (κ2) is 5.20. The molecule has 1 fully saturated rings. The van der Waals surface area contributed by atoms with E-state index in [1.54, 1.807) is 0 Å². The van der Waals surface area contributed by atoms with Crippen molar-refractivity contribution < 1.29 is 4.74 Å². The molecule has 0 N–H and O–H groups in total. The van der Waals surface area contributed by atoms with Gasteiger partial charge in [0.1, 0.15) is 0 Å². The topological polar surface area (TPSA) is 9.23 Å². The summed E-state index contributed by atoms with van der Waals surface area (Å²) in [7, 11) is 0. The third-order valence-corrected chi connectivity index (χ3v) is 3.99. The first-order chi connectivity index (χ1) is 7.68. The van der Waals surface area contributed by atoms with Crippen molar-refractivity contribution in [1.29, 1.82) is 0 Å². The maximum absolute atomic E-state index is 6.59. The number of hydrogen-bond acceptors (Lipinski definition) is 1. The number of hydrogen-bond donors (Lipinski definition) is 0. The molecule has 1 aromatic rings. The molecule has 1 heterocycles. The highest BCUT2D eigenvalue weighted by Crippen LogP contribution is 2.36. The lowest BCUT2D eigenvalue weighted by Gasteiger charge is -2.27. The minimum absolute atomic E-state index is 0.143. The zero-order valence-corrected chi connectivity index (χ0v) is 10.8. The molecule has 2 rings (SSSR count). The molecule has 1 unspecified atom stereocenters. The van der Waals surface area contributed by atoms with E-state index in [1.807, 2.05) is 0 Å². The van der Waals surface area contributed by atoms with Crippen LogP contribution in [0.1, 0.15) is 34.9 Å². The standard InChI is InChI=1S/C14H19ClO/c1-10-3-4-13(11(2)9-10)14(15)12-5-7-16-8-6-12/h3-4,9,12,14H,5-8H2,1-2H3. The van der Waals surface area contributed by atoms with E-state index in [4.69, 9.17) is 16.3 Å². The molecule has 1 nitrogen and oxygen atoms in total. The van der Waals surface area contributed by atoms with E-state index in [9.17, 15) is 0 Å². The second-order valence-corrected chi connectivity index (χ2v) is 5.18. The minimum Gasteiger partial charge on any atom is -0.381 e. The fourth-order valence-electron chi connectivity index (χ4n) is 2.40. The summed E-state index contributed by atoms with van der Waals surface area (Å²) < 4.78 is 5.38. The molecule has 0 aromatic heterocycles. The molecule has 0 amide bonds. The molecule has 2 heteroatoms. The van der Waals surface area contributed by atoms with E-state index in [2.05, 4.69) is 32.0 Å². The molecule has 1 saturated heterocycles. The van der Waals surface area contributed by atoms with Crippen LogP contribution in [0.5, 0.6) is 0 Å². The highest BCUT2D eigenvalue weighted by Gasteiger charge is 2.24. The zero-order valence-electron chi connectivity index (χ0n) is 10.0. The number of alkyl halides is 1. The molecule has 88 valence electrons. The SMILES string of the molecule is Cc1ccc(C(Cl)C2CCOCC2)c(C)c1. The Hall–Kier alpha value is -0.530. The van der Waals surface area contributed by atoms with Gasteiger partial charge < -0.3 is 4.74 Å². The number of halogens is 1. The maximum Gasteiger partial charge on any atom is 0.0617 e. The van der Waals surface area contributed by atoms with Gasteiger partial charge in [0.25, 0.3) is 0 Å². The lowest BCUT2D eigenvalue weighted by atomic mass is 9.89. The third-order valence-electron chi connectivity index (χ3n) is 3.40. The molecule has 0 bridgehead atoms. The summed E-state index contributed by atoms with van der Waals surface area (Å²) in [4.78, 5) is 0. The van der Waals surface area contributed by atoms with Gasteiger partial charge in [0.15, 0.2) is 0 Å². The van der Waals surface area contributed by atoms with E-state index in [1.165, 1.54) is 16.7 Å². The van der Waals surface area contributed by atoms with E-state index < -0.39 is 0 Å². The summed E-state index contributed by atoms with van der Waals surface area (Å²) >= 11 is 6.59. The van der Waals surface area contributed by atoms with Gasteiger partial charge in [0, 0.05) is 13.2 Å². The summed E-state index contributed by atoms with van der Waals surface area (Å²) in [5.74, 6) is 0.567. The first kappa shape index (κ1) is 11.9. The third kappa shape index (κ3) is 2.58. The van der Waals surface area contributed by atoms with Gasteiger partial charge in [-0.1, -0.05) is 23.8 Å². The first-order valence-corrected chi connectivity index (χ1v) is 6.41. The quantitative estimate of drug-likeness (QED) is 0.708. The van der Waals surface area contributed by atoms with Gasteiger partial charge in [-0.25, -0.2) is 0 Å². The van der Waals surface area contributed by atoms with Crippen LogP contribution in [-0.2, 0) is 4.74 Å². The molecule has 1 aliphatic rings. The largest absolute Gasteiger partial charge is 0.381 e. The van der Waals surface area contributed by atoms with E-state index in [-0.39, 0.29) is 5.38 Å². The highest BCUT2D eigenvalue weighted by atomic mass is 35.5. The van der Waals surface area contributed by atoms with Crippen molar-refractivity contribution in [3.05, 3.63) is 34.9 Å². The van der Waals surface area contributed by atoms with Crippen LogP contribution in [0, 0.1) is 19.8 Å². The molecule has 16 heavy (non-hydrogen) atoms. The fourth-order valence-corrected chi connectivity index (χ4v) is 2.89. The van der Waals surface area contributed by atoms with Crippen LogP contribution in [0.25, 0.3) is 0 Å². The van der Waals surface area contributed by atoms with Crippen LogP contribution >= 0.6 is 11.6 Å². The van der Waals surface area contributed by atoms with Crippen molar-refractivity contribution in [1.82, 2.24) is 0 Å². The van der Waals surface area contributed by atoms with Gasteiger partial charge >= 0.3 is 0 Å². The van der Waals surface area contributed by atoms with Crippen molar-refractivity contribution in [2.45, 2.75) is 32.1 Å². The van der Waals surface area contributed by atoms with Crippen LogP contribution in [0.3, 0.4) is 0 Å². The smallest absolute Gasteiger partial charge is 0.0617 e. The Morgan fingerprint density at radius 3 is 2.56 bits per heavy atom. The molecule has 1 aliphatic heterocycles. The Morgan fingerprint density at radius 2 is 1.94 bits per heavy atom. The Kier molecular flexibility index (Phi) is 3.88. The Balaban J connectivity index is 2.15. The first-order valence-electron chi connectivity index (χ1n) is 5.97. The average molecular weight is 239 g/mol. The molecular formula is C14H19ClO. The Bertz CT molecular complexity index is 356. The van der Waals surface area contributed by atoms with Crippen LogP contribution in [0.4, 0.5) is 0 Å². The number of rotatable bonds is 2. The van der Waals surface area contributed by atoms with Crippen molar-refractivity contribution in [3.63, 3.8) is 0 Å². The van der Waals surface area contributed by atoms with Gasteiger partial charge in [-0.15, -0.1) is 11.6 Å². The molecule has 0 saturated carbocycles. The molecular weight excluding hydrogens is 220 g/mol. The zero-order chi connectivity index (χ0) is 11.5. The van der Waals surface area contributed by atoms with Crippen LogP contribution < -0.4 is 0 Å². The Morgan fingerprint density at radius 1 is 1.25 bits per heavy atom. The lowest BCUT2D eigenvalue weighted by Crippen LogP contribution is -2.19. The highest BCUT2D eigenvalue weighted by molar-refractivity contribution is 6.21. The predicted octanol–water partition coefficient (Wildman–Crippen LogP) is 4.01. The summed E-state index contributed by atoms with van der Waals surface area (Å²) in [5.41, 5.74) is 3.91. The number of aryl methyl sites for hydroxylation is 2. The van der Waals surface area contributed by atoms with Crippen molar-refractivity contribution in [2.75, 3.05) is 13.2 Å². The number of benzene rings is 1. The van der Waals surface area contributed by atoms with Gasteiger partial charge in [-0.3, -0.25) is 0 Å². The molecule has 1 atom stereocenters. The van der Waals surface area contributed by atoms with Crippen LogP contribution in [0.15, 0.2) is 18.2 Å². The molecule has 0 aliphatic carbocycles. The van der Waals surface area contributed by atoms with Gasteiger partial charge in [0.05, 0.1) is 5.38 Å². The summed E-state index contributed by atoms with van der Waals surface area (Å²) in [6.45, 7) is 5.99. The minimum atomic E-state index is 0.143. The average Bonchev–Trinajstić information content (AvgIpc) is 2.29. The fraction of sp³-hybridized carbons (Fsp3) is 0.571. The monoisotopic (exact) mass is 238 g/mol. The van der Waals surface area contributed by atoms with Crippen molar-refractivity contribution in [2.24, 2.45) is 5.92 Å². The lowest BCUT2D eigenvalue weighted by molar-refractivity contribution is 0.0650. The second-order valence-electron chi connectivity index (χ2n) is 4.71. The van der Waals surface area contributed by atoms with Crippen molar-refractivity contribution in [3.8, 4) is 0 Å². The molecule has 0 spiro atoms. The Labute approximate surface area is 103 Å². The van der Waals surface area contributed by atoms with Gasteiger partial charge in [-0.2, -0.15) is 0 Å². The van der Waals surface area contributed by atoms with Gasteiger partial charge in [-0.05, 0) is 43.7 Å². The molecule has 0 radical (unpaired) electrons.